The highest BCUT2D eigenvalue weighted by molar-refractivity contribution is 7.89. The molecule has 0 spiro atoms. The van der Waals surface area contributed by atoms with E-state index >= 15 is 0 Å². The van der Waals surface area contributed by atoms with E-state index in [0.29, 0.717) is 12.4 Å². The number of hydrogen-bond donors (Lipinski definition) is 1. The van der Waals surface area contributed by atoms with Gasteiger partial charge in [0.1, 0.15) is 5.75 Å². The minimum atomic E-state index is -3.73. The van der Waals surface area contributed by atoms with Crippen molar-refractivity contribution in [3.8, 4) is 5.75 Å². The molecular formula is C24H27N3O3S. The standard InChI is InChI=1S/C24H27N3O3S/c1-3-27(19-21-8-6-5-7-9-21)22-12-10-20(11-13-22)18-25-26-31(28,29)24-16-14-23(15-17-24)30-4-2/h5-18,26H,3-4,19H2,1-2H3/b25-18+. The molecule has 6 nitrogen and oxygen atoms in total. The minimum Gasteiger partial charge on any atom is -0.494 e. The third-order valence-corrected chi connectivity index (χ3v) is 5.93. The lowest BCUT2D eigenvalue weighted by Gasteiger charge is -2.23. The minimum absolute atomic E-state index is 0.128. The van der Waals surface area contributed by atoms with Gasteiger partial charge in [0.25, 0.3) is 10.0 Å². The first-order chi connectivity index (χ1) is 15.0. The predicted molar refractivity (Wildman–Crippen MR) is 125 cm³/mol. The second-order valence-electron chi connectivity index (χ2n) is 6.85. The van der Waals surface area contributed by atoms with Crippen molar-refractivity contribution < 1.29 is 13.2 Å². The smallest absolute Gasteiger partial charge is 0.276 e. The molecule has 0 saturated carbocycles. The fourth-order valence-corrected chi connectivity index (χ4v) is 3.86. The van der Waals surface area contributed by atoms with Gasteiger partial charge in [0.05, 0.1) is 17.7 Å². The molecule has 0 saturated heterocycles. The molecule has 0 aliphatic heterocycles. The third-order valence-electron chi connectivity index (χ3n) is 4.69. The molecule has 0 fully saturated rings. The van der Waals surface area contributed by atoms with Crippen molar-refractivity contribution in [1.82, 2.24) is 4.83 Å². The number of nitrogens with zero attached hydrogens (tertiary/aromatic N) is 2. The van der Waals surface area contributed by atoms with E-state index in [4.69, 9.17) is 4.74 Å². The van der Waals surface area contributed by atoms with E-state index in [-0.39, 0.29) is 4.90 Å². The summed E-state index contributed by atoms with van der Waals surface area (Å²) in [4.78, 5) is 4.64. The van der Waals surface area contributed by atoms with Gasteiger partial charge in [-0.25, -0.2) is 4.83 Å². The summed E-state index contributed by atoms with van der Waals surface area (Å²) in [6.45, 7) is 6.22. The average Bonchev–Trinajstić information content (AvgIpc) is 2.79. The normalized spacial score (nSPS) is 11.4. The quantitative estimate of drug-likeness (QED) is 0.376. The van der Waals surface area contributed by atoms with Crippen molar-refractivity contribution in [1.29, 1.82) is 0 Å². The van der Waals surface area contributed by atoms with Crippen LogP contribution in [0.5, 0.6) is 5.75 Å². The topological polar surface area (TPSA) is 71.0 Å². The van der Waals surface area contributed by atoms with Gasteiger partial charge in [-0.15, -0.1) is 0 Å². The van der Waals surface area contributed by atoms with E-state index in [2.05, 4.69) is 33.9 Å². The number of rotatable bonds is 10. The van der Waals surface area contributed by atoms with Crippen LogP contribution >= 0.6 is 0 Å². The zero-order valence-corrected chi connectivity index (χ0v) is 18.5. The third kappa shape index (κ3) is 6.33. The first-order valence-electron chi connectivity index (χ1n) is 10.2. The summed E-state index contributed by atoms with van der Waals surface area (Å²) in [5.74, 6) is 0.624. The van der Waals surface area contributed by atoms with Crippen LogP contribution in [0, 0.1) is 0 Å². The van der Waals surface area contributed by atoms with Crippen molar-refractivity contribution in [2.45, 2.75) is 25.3 Å². The van der Waals surface area contributed by atoms with Crippen LogP contribution in [0.25, 0.3) is 0 Å². The maximum Gasteiger partial charge on any atom is 0.276 e. The number of ether oxygens (including phenoxy) is 1. The van der Waals surface area contributed by atoms with Gasteiger partial charge in [0.2, 0.25) is 0 Å². The molecule has 0 radical (unpaired) electrons. The molecule has 3 rings (SSSR count). The summed E-state index contributed by atoms with van der Waals surface area (Å²) < 4.78 is 30.1. The van der Waals surface area contributed by atoms with Crippen molar-refractivity contribution in [2.75, 3.05) is 18.1 Å². The summed E-state index contributed by atoms with van der Waals surface area (Å²) >= 11 is 0. The van der Waals surface area contributed by atoms with Crippen LogP contribution in [0.4, 0.5) is 5.69 Å². The van der Waals surface area contributed by atoms with E-state index in [1.54, 1.807) is 12.1 Å². The zero-order valence-electron chi connectivity index (χ0n) is 17.7. The predicted octanol–water partition coefficient (Wildman–Crippen LogP) is 4.42. The van der Waals surface area contributed by atoms with Gasteiger partial charge in [-0.05, 0) is 61.4 Å². The number of sulfonamides is 1. The van der Waals surface area contributed by atoms with Crippen molar-refractivity contribution in [3.05, 3.63) is 90.0 Å². The molecule has 0 unspecified atom stereocenters. The summed E-state index contributed by atoms with van der Waals surface area (Å²) in [5, 5.41) is 3.90. The second kappa shape index (κ2) is 10.6. The number of hydrogen-bond acceptors (Lipinski definition) is 5. The molecule has 162 valence electrons. The number of nitrogens with one attached hydrogen (secondary N) is 1. The van der Waals surface area contributed by atoms with Gasteiger partial charge in [0.15, 0.2) is 0 Å². The molecule has 0 aliphatic rings. The molecule has 0 aliphatic carbocycles. The van der Waals surface area contributed by atoms with Crippen LogP contribution in [0.1, 0.15) is 25.0 Å². The highest BCUT2D eigenvalue weighted by Gasteiger charge is 2.12. The Morgan fingerprint density at radius 1 is 0.935 bits per heavy atom. The number of anilines is 1. The maximum atomic E-state index is 12.4. The lowest BCUT2D eigenvalue weighted by Crippen LogP contribution is -2.21. The van der Waals surface area contributed by atoms with E-state index in [9.17, 15) is 8.42 Å². The highest BCUT2D eigenvalue weighted by atomic mass is 32.2. The molecule has 3 aromatic carbocycles. The molecule has 3 aromatic rings. The molecule has 31 heavy (non-hydrogen) atoms. The fourth-order valence-electron chi connectivity index (χ4n) is 3.07. The van der Waals surface area contributed by atoms with Gasteiger partial charge in [-0.2, -0.15) is 13.5 Å². The molecule has 0 heterocycles. The van der Waals surface area contributed by atoms with Crippen LogP contribution in [0.3, 0.4) is 0 Å². The monoisotopic (exact) mass is 437 g/mol. The van der Waals surface area contributed by atoms with E-state index in [1.165, 1.54) is 23.9 Å². The van der Waals surface area contributed by atoms with Crippen LogP contribution in [0.2, 0.25) is 0 Å². The van der Waals surface area contributed by atoms with Crippen molar-refractivity contribution >= 4 is 21.9 Å². The van der Waals surface area contributed by atoms with Gasteiger partial charge < -0.3 is 9.64 Å². The zero-order chi connectivity index (χ0) is 22.1. The highest BCUT2D eigenvalue weighted by Crippen LogP contribution is 2.18. The summed E-state index contributed by atoms with van der Waals surface area (Å²) in [7, 11) is -3.73. The summed E-state index contributed by atoms with van der Waals surface area (Å²) in [5.41, 5.74) is 3.14. The van der Waals surface area contributed by atoms with Gasteiger partial charge in [-0.1, -0.05) is 42.5 Å². The van der Waals surface area contributed by atoms with Gasteiger partial charge >= 0.3 is 0 Å². The summed E-state index contributed by atoms with van der Waals surface area (Å²) in [6.07, 6.45) is 1.49. The Hall–Kier alpha value is -3.32. The van der Waals surface area contributed by atoms with Crippen molar-refractivity contribution in [2.24, 2.45) is 5.10 Å². The molecule has 0 aromatic heterocycles. The van der Waals surface area contributed by atoms with Gasteiger partial charge in [0, 0.05) is 18.8 Å². The van der Waals surface area contributed by atoms with Crippen LogP contribution < -0.4 is 14.5 Å². The first kappa shape index (κ1) is 22.4. The molecule has 1 N–H and O–H groups in total. The Kier molecular flexibility index (Phi) is 7.67. The van der Waals surface area contributed by atoms with Gasteiger partial charge in [-0.3, -0.25) is 0 Å². The molecule has 0 atom stereocenters. The Morgan fingerprint density at radius 2 is 1.61 bits per heavy atom. The number of hydrazone groups is 1. The van der Waals surface area contributed by atoms with Crippen molar-refractivity contribution in [3.63, 3.8) is 0 Å². The molecule has 0 bridgehead atoms. The summed E-state index contributed by atoms with van der Waals surface area (Å²) in [6, 6.07) is 24.4. The first-order valence-corrected chi connectivity index (χ1v) is 11.7. The lowest BCUT2D eigenvalue weighted by molar-refractivity contribution is 0.340. The Morgan fingerprint density at radius 3 is 2.23 bits per heavy atom. The Labute approximate surface area is 184 Å². The second-order valence-corrected chi connectivity index (χ2v) is 8.51. The van der Waals surface area contributed by atoms with E-state index in [1.807, 2.05) is 49.4 Å². The fraction of sp³-hybridized carbons (Fsp3) is 0.208. The number of benzene rings is 3. The molecular weight excluding hydrogens is 410 g/mol. The SMILES string of the molecule is CCOc1ccc(S(=O)(=O)N/N=C/c2ccc(N(CC)Cc3ccccc3)cc2)cc1. The van der Waals surface area contributed by atoms with E-state index in [0.717, 1.165) is 24.3 Å². The van der Waals surface area contributed by atoms with E-state index < -0.39 is 10.0 Å². The average molecular weight is 438 g/mol. The lowest BCUT2D eigenvalue weighted by atomic mass is 10.1. The maximum absolute atomic E-state index is 12.4. The molecule has 0 amide bonds. The Bertz CT molecular complexity index is 1080. The molecule has 7 heteroatoms. The van der Waals surface area contributed by atoms with Crippen LogP contribution in [0.15, 0.2) is 88.9 Å². The Balaban J connectivity index is 1.62. The van der Waals surface area contributed by atoms with Crippen LogP contribution in [-0.2, 0) is 16.6 Å². The largest absolute Gasteiger partial charge is 0.494 e. The van der Waals surface area contributed by atoms with Crippen LogP contribution in [-0.4, -0.2) is 27.8 Å².